The Morgan fingerprint density at radius 2 is 1.94 bits per heavy atom. The minimum absolute atomic E-state index is 0.0489. The van der Waals surface area contributed by atoms with E-state index in [1.54, 1.807) is 24.3 Å². The first-order valence-electron chi connectivity index (χ1n) is 5.73. The smallest absolute Gasteiger partial charge is 0.215 e. The zero-order valence-corrected chi connectivity index (χ0v) is 10.8. The zero-order chi connectivity index (χ0) is 12.7. The molecule has 0 saturated heterocycles. The van der Waals surface area contributed by atoms with E-state index in [1.165, 1.54) is 0 Å². The van der Waals surface area contributed by atoms with Gasteiger partial charge >= 0.3 is 0 Å². The fraction of sp³-hybridized carbons (Fsp3) is 0.500. The Kier molecular flexibility index (Phi) is 5.61. The molecule has 0 amide bonds. The maximum absolute atomic E-state index is 11.7. The highest BCUT2D eigenvalue weighted by Crippen LogP contribution is 2.04. The molecular weight excluding hydrogens is 238 g/mol. The van der Waals surface area contributed by atoms with Gasteiger partial charge in [0.25, 0.3) is 0 Å². The van der Waals surface area contributed by atoms with Gasteiger partial charge in [-0.1, -0.05) is 43.7 Å². The number of aliphatic hydroxyl groups is 1. The molecule has 0 aromatic heterocycles. The van der Waals surface area contributed by atoms with Gasteiger partial charge in [0.05, 0.1) is 11.9 Å². The summed E-state index contributed by atoms with van der Waals surface area (Å²) in [6, 6.07) is 8.98. The van der Waals surface area contributed by atoms with Gasteiger partial charge in [-0.25, -0.2) is 13.1 Å². The minimum Gasteiger partial charge on any atom is -0.392 e. The van der Waals surface area contributed by atoms with Gasteiger partial charge in [-0.3, -0.25) is 0 Å². The molecule has 1 atom stereocenters. The normalized spacial score (nSPS) is 13.5. The molecule has 96 valence electrons. The summed E-state index contributed by atoms with van der Waals surface area (Å²) in [5, 5.41) is 9.45. The highest BCUT2D eigenvalue weighted by molar-refractivity contribution is 7.88. The van der Waals surface area contributed by atoms with Crippen molar-refractivity contribution >= 4 is 10.0 Å². The number of aliphatic hydroxyl groups excluding tert-OH is 1. The number of benzene rings is 1. The summed E-state index contributed by atoms with van der Waals surface area (Å²) in [6.45, 7) is 2.03. The molecule has 0 spiro atoms. The SMILES string of the molecule is CCCC(O)CNS(=O)(=O)Cc1ccccc1. The van der Waals surface area contributed by atoms with E-state index in [0.29, 0.717) is 6.42 Å². The van der Waals surface area contributed by atoms with Crippen molar-refractivity contribution < 1.29 is 13.5 Å². The van der Waals surface area contributed by atoms with Crippen molar-refractivity contribution in [1.82, 2.24) is 4.72 Å². The molecule has 0 aliphatic rings. The monoisotopic (exact) mass is 257 g/mol. The van der Waals surface area contributed by atoms with Crippen LogP contribution >= 0.6 is 0 Å². The Balaban J connectivity index is 2.47. The van der Waals surface area contributed by atoms with Crippen molar-refractivity contribution in [2.45, 2.75) is 31.6 Å². The van der Waals surface area contributed by atoms with Crippen LogP contribution < -0.4 is 4.72 Å². The number of hydrogen-bond acceptors (Lipinski definition) is 3. The summed E-state index contributed by atoms with van der Waals surface area (Å²) < 4.78 is 25.8. The first kappa shape index (κ1) is 14.2. The van der Waals surface area contributed by atoms with Gasteiger partial charge < -0.3 is 5.11 Å². The molecule has 0 bridgehead atoms. The first-order valence-corrected chi connectivity index (χ1v) is 7.38. The quantitative estimate of drug-likeness (QED) is 0.773. The van der Waals surface area contributed by atoms with Crippen LogP contribution in [0.25, 0.3) is 0 Å². The fourth-order valence-electron chi connectivity index (χ4n) is 1.50. The lowest BCUT2D eigenvalue weighted by molar-refractivity contribution is 0.167. The Hall–Kier alpha value is -0.910. The molecule has 2 N–H and O–H groups in total. The molecule has 4 nitrogen and oxygen atoms in total. The molecule has 0 fully saturated rings. The summed E-state index contributed by atoms with van der Waals surface area (Å²) in [4.78, 5) is 0. The molecule has 1 aromatic rings. The molecule has 5 heteroatoms. The number of hydrogen-bond donors (Lipinski definition) is 2. The van der Waals surface area contributed by atoms with Crippen LogP contribution in [0, 0.1) is 0 Å². The molecular formula is C12H19NO3S. The molecule has 0 aliphatic carbocycles. The fourth-order valence-corrected chi connectivity index (χ4v) is 2.68. The van der Waals surface area contributed by atoms with E-state index in [-0.39, 0.29) is 12.3 Å². The molecule has 0 radical (unpaired) electrons. The second-order valence-electron chi connectivity index (χ2n) is 4.04. The van der Waals surface area contributed by atoms with Crippen LogP contribution in [0.3, 0.4) is 0 Å². The van der Waals surface area contributed by atoms with E-state index < -0.39 is 16.1 Å². The average molecular weight is 257 g/mol. The predicted molar refractivity (Wildman–Crippen MR) is 68.0 cm³/mol. The molecule has 0 saturated carbocycles. The second kappa shape index (κ2) is 6.74. The zero-order valence-electron chi connectivity index (χ0n) is 9.96. The molecule has 0 heterocycles. The molecule has 1 aromatic carbocycles. The average Bonchev–Trinajstić information content (AvgIpc) is 2.28. The van der Waals surface area contributed by atoms with Crippen molar-refractivity contribution in [3.05, 3.63) is 35.9 Å². The molecule has 0 aliphatic heterocycles. The lowest BCUT2D eigenvalue weighted by Crippen LogP contribution is -2.32. The van der Waals surface area contributed by atoms with Crippen LogP contribution in [0.15, 0.2) is 30.3 Å². The number of sulfonamides is 1. The van der Waals surface area contributed by atoms with Gasteiger partial charge in [-0.2, -0.15) is 0 Å². The van der Waals surface area contributed by atoms with Crippen molar-refractivity contribution in [1.29, 1.82) is 0 Å². The van der Waals surface area contributed by atoms with Crippen LogP contribution in [0.2, 0.25) is 0 Å². The van der Waals surface area contributed by atoms with Crippen LogP contribution in [-0.4, -0.2) is 26.2 Å². The number of rotatable bonds is 7. The van der Waals surface area contributed by atoms with E-state index in [4.69, 9.17) is 0 Å². The summed E-state index contributed by atoms with van der Waals surface area (Å²) in [5.74, 6) is -0.0489. The summed E-state index contributed by atoms with van der Waals surface area (Å²) in [7, 11) is -3.36. The lowest BCUT2D eigenvalue weighted by Gasteiger charge is -2.11. The number of nitrogens with one attached hydrogen (secondary N) is 1. The summed E-state index contributed by atoms with van der Waals surface area (Å²) in [5.41, 5.74) is 0.741. The highest BCUT2D eigenvalue weighted by Gasteiger charge is 2.13. The van der Waals surface area contributed by atoms with Crippen molar-refractivity contribution in [2.75, 3.05) is 6.54 Å². The first-order chi connectivity index (χ1) is 8.03. The minimum atomic E-state index is -3.36. The Labute approximate surface area is 103 Å². The van der Waals surface area contributed by atoms with E-state index in [1.807, 2.05) is 13.0 Å². The lowest BCUT2D eigenvalue weighted by atomic mass is 10.2. The Bertz CT molecular complexity index is 417. The van der Waals surface area contributed by atoms with E-state index in [0.717, 1.165) is 12.0 Å². The third kappa shape index (κ3) is 5.81. The van der Waals surface area contributed by atoms with Crippen molar-refractivity contribution in [3.63, 3.8) is 0 Å². The van der Waals surface area contributed by atoms with Gasteiger partial charge in [0, 0.05) is 6.54 Å². The van der Waals surface area contributed by atoms with E-state index in [2.05, 4.69) is 4.72 Å². The highest BCUT2D eigenvalue weighted by atomic mass is 32.2. The third-order valence-corrected chi connectivity index (χ3v) is 3.68. The van der Waals surface area contributed by atoms with Gasteiger partial charge in [-0.15, -0.1) is 0 Å². The van der Waals surface area contributed by atoms with Crippen molar-refractivity contribution in [3.8, 4) is 0 Å². The second-order valence-corrected chi connectivity index (χ2v) is 5.84. The van der Waals surface area contributed by atoms with Gasteiger partial charge in [0.2, 0.25) is 10.0 Å². The van der Waals surface area contributed by atoms with E-state index >= 15 is 0 Å². The van der Waals surface area contributed by atoms with Crippen LogP contribution in [0.1, 0.15) is 25.3 Å². The largest absolute Gasteiger partial charge is 0.392 e. The van der Waals surface area contributed by atoms with Gasteiger partial charge in [0.15, 0.2) is 0 Å². The van der Waals surface area contributed by atoms with Gasteiger partial charge in [0.1, 0.15) is 0 Å². The van der Waals surface area contributed by atoms with Crippen LogP contribution in [-0.2, 0) is 15.8 Å². The molecule has 1 unspecified atom stereocenters. The Morgan fingerprint density at radius 1 is 1.29 bits per heavy atom. The molecule has 1 rings (SSSR count). The van der Waals surface area contributed by atoms with Crippen LogP contribution in [0.5, 0.6) is 0 Å². The summed E-state index contributed by atoms with van der Waals surface area (Å²) >= 11 is 0. The maximum Gasteiger partial charge on any atom is 0.215 e. The van der Waals surface area contributed by atoms with Crippen molar-refractivity contribution in [2.24, 2.45) is 0 Å². The standard InChI is InChI=1S/C12H19NO3S/c1-2-6-12(14)9-13-17(15,16)10-11-7-4-3-5-8-11/h3-5,7-8,12-14H,2,6,9-10H2,1H3. The van der Waals surface area contributed by atoms with Gasteiger partial charge in [-0.05, 0) is 12.0 Å². The topological polar surface area (TPSA) is 66.4 Å². The maximum atomic E-state index is 11.7. The van der Waals surface area contributed by atoms with E-state index in [9.17, 15) is 13.5 Å². The summed E-state index contributed by atoms with van der Waals surface area (Å²) in [6.07, 6.45) is 0.834. The predicted octanol–water partition coefficient (Wildman–Crippen LogP) is 1.27. The Morgan fingerprint density at radius 3 is 2.53 bits per heavy atom. The third-order valence-electron chi connectivity index (χ3n) is 2.36. The van der Waals surface area contributed by atoms with Crippen LogP contribution in [0.4, 0.5) is 0 Å². The molecule has 17 heavy (non-hydrogen) atoms.